The minimum absolute atomic E-state index is 0.0255. The summed E-state index contributed by atoms with van der Waals surface area (Å²) in [4.78, 5) is 18.4. The molecule has 1 N–H and O–H groups in total. The molecule has 6 heteroatoms. The van der Waals surface area contributed by atoms with Gasteiger partial charge in [-0.3, -0.25) is 9.79 Å². The van der Waals surface area contributed by atoms with E-state index in [0.29, 0.717) is 23.2 Å². The molecular formula is C40H60N2O3S. The Bertz CT molecular complexity index is 1190. The molecule has 1 aliphatic rings. The van der Waals surface area contributed by atoms with Crippen LogP contribution in [0.3, 0.4) is 0 Å². The van der Waals surface area contributed by atoms with Crippen molar-refractivity contribution in [3.63, 3.8) is 0 Å². The summed E-state index contributed by atoms with van der Waals surface area (Å²) >= 11 is 2.13. The lowest BCUT2D eigenvalue weighted by Gasteiger charge is -2.32. The van der Waals surface area contributed by atoms with Gasteiger partial charge in [-0.15, -0.1) is 24.6 Å². The van der Waals surface area contributed by atoms with Crippen molar-refractivity contribution < 1.29 is 14.6 Å². The van der Waals surface area contributed by atoms with Crippen LogP contribution in [0.4, 0.5) is 5.69 Å². The van der Waals surface area contributed by atoms with Crippen LogP contribution in [0.2, 0.25) is 0 Å². The zero-order valence-electron chi connectivity index (χ0n) is 29.5. The Kier molecular flexibility index (Phi) is 23.8. The van der Waals surface area contributed by atoms with Gasteiger partial charge in [0.05, 0.1) is 12.1 Å². The van der Waals surface area contributed by atoms with E-state index in [4.69, 9.17) is 9.84 Å². The van der Waals surface area contributed by atoms with Gasteiger partial charge in [-0.1, -0.05) is 91.2 Å². The van der Waals surface area contributed by atoms with Crippen LogP contribution < -0.4 is 9.64 Å². The van der Waals surface area contributed by atoms with Crippen LogP contribution in [0.15, 0.2) is 83.3 Å². The third-order valence-corrected chi connectivity index (χ3v) is 9.14. The lowest BCUT2D eigenvalue weighted by molar-refractivity contribution is -0.136. The molecule has 0 spiro atoms. The highest BCUT2D eigenvalue weighted by atomic mass is 32.2. The second-order valence-electron chi connectivity index (χ2n) is 11.4. The Morgan fingerprint density at radius 3 is 2.28 bits per heavy atom. The highest BCUT2D eigenvalue weighted by molar-refractivity contribution is 7.99. The van der Waals surface area contributed by atoms with E-state index >= 15 is 0 Å². The number of fused-ring (bicyclic) bond motifs is 1. The number of ether oxygens (including phenoxy) is 1. The fraction of sp³-hybridized carbons (Fsp3) is 0.500. The van der Waals surface area contributed by atoms with Crippen LogP contribution in [0, 0.1) is 18.3 Å². The summed E-state index contributed by atoms with van der Waals surface area (Å²) in [6.07, 6.45) is 22.3. The molecule has 5 nitrogen and oxygen atoms in total. The number of aryl methyl sites for hydroxylation is 1. The molecule has 0 saturated heterocycles. The average Bonchev–Trinajstić information content (AvgIpc) is 3.27. The molecule has 0 aliphatic carbocycles. The largest absolute Gasteiger partial charge is 0.487 e. The maximum atomic E-state index is 10.5. The van der Waals surface area contributed by atoms with Crippen molar-refractivity contribution in [2.24, 2.45) is 10.4 Å². The highest BCUT2D eigenvalue weighted by Crippen LogP contribution is 2.45. The molecule has 254 valence electrons. The van der Waals surface area contributed by atoms with Gasteiger partial charge in [0.1, 0.15) is 12.4 Å². The molecule has 1 aliphatic heterocycles. The summed E-state index contributed by atoms with van der Waals surface area (Å²) in [6, 6.07) is 16.4. The minimum atomic E-state index is -0.860. The number of benzene rings is 2. The number of nitrogens with zero attached hydrogens (tertiary/aromatic N) is 2. The number of thioether (sulfide) groups is 1. The van der Waals surface area contributed by atoms with Crippen LogP contribution in [0.1, 0.15) is 97.5 Å². The van der Waals surface area contributed by atoms with E-state index in [1.54, 1.807) is 5.56 Å². The van der Waals surface area contributed by atoms with Gasteiger partial charge in [0.25, 0.3) is 0 Å². The Labute approximate surface area is 285 Å². The zero-order chi connectivity index (χ0) is 34.8. The molecule has 46 heavy (non-hydrogen) atoms. The summed E-state index contributed by atoms with van der Waals surface area (Å²) in [5, 5.41) is 8.61. The topological polar surface area (TPSA) is 62.1 Å². The van der Waals surface area contributed by atoms with Gasteiger partial charge in [-0.2, -0.15) is 0 Å². The number of para-hydroxylation sites is 1. The van der Waals surface area contributed by atoms with Crippen LogP contribution in [-0.2, 0) is 11.2 Å². The van der Waals surface area contributed by atoms with E-state index in [-0.39, 0.29) is 13.0 Å². The molecule has 1 heterocycles. The molecule has 1 unspecified atom stereocenters. The van der Waals surface area contributed by atoms with Gasteiger partial charge < -0.3 is 14.7 Å². The first-order valence-corrected chi connectivity index (χ1v) is 17.7. The average molecular weight is 649 g/mol. The number of hydrogen-bond donors (Lipinski definition) is 1. The number of carbonyl (C=O) groups is 1. The van der Waals surface area contributed by atoms with Crippen LogP contribution in [0.5, 0.6) is 5.75 Å². The number of hydrogen-bond acceptors (Lipinski definition) is 5. The SMILES string of the molecule is C#C.C=CC(CCC(=O)O)=NC(=C)COc1ccccc1.CC.CCCCCC1(CCCC)CCc2cc(N(C)C)ccc2SC1. The van der Waals surface area contributed by atoms with Gasteiger partial charge in [-0.25, -0.2) is 0 Å². The Morgan fingerprint density at radius 2 is 1.70 bits per heavy atom. The first-order valence-electron chi connectivity index (χ1n) is 16.8. The molecule has 0 saturated carbocycles. The van der Waals surface area contributed by atoms with Crippen LogP contribution in [0.25, 0.3) is 0 Å². The number of terminal acetylenes is 1. The quantitative estimate of drug-likeness (QED) is 0.111. The van der Waals surface area contributed by atoms with Crippen LogP contribution in [-0.4, -0.2) is 43.2 Å². The third-order valence-electron chi connectivity index (χ3n) is 7.67. The van der Waals surface area contributed by atoms with Crippen LogP contribution >= 0.6 is 11.8 Å². The van der Waals surface area contributed by atoms with E-state index in [9.17, 15) is 4.79 Å². The Balaban J connectivity index is 0.000000807. The van der Waals surface area contributed by atoms with E-state index in [1.807, 2.05) is 44.2 Å². The summed E-state index contributed by atoms with van der Waals surface area (Å²) in [6.45, 7) is 16.3. The number of anilines is 1. The first-order chi connectivity index (χ1) is 22.2. The lowest BCUT2D eigenvalue weighted by Crippen LogP contribution is -2.24. The van der Waals surface area contributed by atoms with Gasteiger partial charge >= 0.3 is 5.97 Å². The second kappa shape index (κ2) is 25.7. The van der Waals surface area contributed by atoms with Crippen molar-refractivity contribution in [3.8, 4) is 18.6 Å². The summed E-state index contributed by atoms with van der Waals surface area (Å²) in [7, 11) is 4.28. The molecule has 0 fully saturated rings. The van der Waals surface area contributed by atoms with E-state index in [1.165, 1.54) is 80.2 Å². The molecule has 2 aromatic carbocycles. The van der Waals surface area contributed by atoms with E-state index < -0.39 is 5.97 Å². The Morgan fingerprint density at radius 1 is 1.04 bits per heavy atom. The van der Waals surface area contributed by atoms with Gasteiger partial charge in [-0.05, 0) is 73.1 Å². The summed E-state index contributed by atoms with van der Waals surface area (Å²) < 4.78 is 5.48. The molecule has 1 atom stereocenters. The first kappa shape index (κ1) is 42.6. The molecule has 0 amide bonds. The second-order valence-corrected chi connectivity index (χ2v) is 12.4. The monoisotopic (exact) mass is 648 g/mol. The number of unbranched alkanes of at least 4 members (excludes halogenated alkanes) is 3. The fourth-order valence-corrected chi connectivity index (χ4v) is 6.47. The van der Waals surface area contributed by atoms with Crippen molar-refractivity contribution in [1.29, 1.82) is 0 Å². The number of carboxylic acid groups (broad SMARTS) is 1. The number of carboxylic acids is 1. The fourth-order valence-electron chi connectivity index (χ4n) is 5.06. The van der Waals surface area contributed by atoms with E-state index in [0.717, 1.165) is 5.75 Å². The number of aliphatic carboxylic acids is 1. The Hall–Kier alpha value is -3.43. The molecular weight excluding hydrogens is 589 g/mol. The van der Waals surface area contributed by atoms with Crippen molar-refractivity contribution in [2.45, 2.75) is 103 Å². The van der Waals surface area contributed by atoms with Gasteiger partial charge in [0, 0.05) is 42.6 Å². The smallest absolute Gasteiger partial charge is 0.303 e. The number of aliphatic imine (C=N–C) groups is 1. The van der Waals surface area contributed by atoms with Gasteiger partial charge in [0.15, 0.2) is 0 Å². The van der Waals surface area contributed by atoms with Crippen molar-refractivity contribution in [1.82, 2.24) is 0 Å². The molecule has 3 rings (SSSR count). The van der Waals surface area contributed by atoms with Crippen molar-refractivity contribution in [3.05, 3.63) is 79.0 Å². The summed E-state index contributed by atoms with van der Waals surface area (Å²) in [5.41, 5.74) is 4.63. The van der Waals surface area contributed by atoms with Gasteiger partial charge in [0.2, 0.25) is 0 Å². The third kappa shape index (κ3) is 17.3. The van der Waals surface area contributed by atoms with Crippen molar-refractivity contribution in [2.75, 3.05) is 31.4 Å². The standard InChI is InChI=1S/C21H35NS.C15H17NO3.C2H6.C2H2/c1-5-7-9-14-21(13-8-6-2)15-12-18-16-19(22(3)4)10-11-20(18)23-17-21;1-3-13(9-10-15(17)18)16-12(2)11-19-14-7-5-4-6-8-14;2*1-2/h10-11,16H,5-9,12-15,17H2,1-4H3;3-8H,1-2,9-11H2,(H,17,18);1-2H3;1-2H. The summed E-state index contributed by atoms with van der Waals surface area (Å²) in [5.74, 6) is 1.20. The number of allylic oxidation sites excluding steroid dienone is 1. The molecule has 0 bridgehead atoms. The molecule has 2 aromatic rings. The zero-order valence-corrected chi connectivity index (χ0v) is 30.3. The number of rotatable bonds is 16. The predicted molar refractivity (Wildman–Crippen MR) is 203 cm³/mol. The predicted octanol–water partition coefficient (Wildman–Crippen LogP) is 10.9. The lowest BCUT2D eigenvalue weighted by atomic mass is 9.75. The molecule has 0 radical (unpaired) electrons. The normalized spacial score (nSPS) is 15.1. The highest BCUT2D eigenvalue weighted by Gasteiger charge is 2.31. The van der Waals surface area contributed by atoms with E-state index in [2.05, 4.69) is 93.8 Å². The molecule has 0 aromatic heterocycles. The van der Waals surface area contributed by atoms with Crippen molar-refractivity contribution >= 4 is 29.1 Å². The minimum Gasteiger partial charge on any atom is -0.487 e. The maximum absolute atomic E-state index is 10.5. The maximum Gasteiger partial charge on any atom is 0.303 e.